The third-order valence-electron chi connectivity index (χ3n) is 3.69. The topological polar surface area (TPSA) is 43.1 Å². The van der Waals surface area contributed by atoms with Crippen LogP contribution in [-0.2, 0) is 11.2 Å². The van der Waals surface area contributed by atoms with Crippen molar-refractivity contribution >= 4 is 5.78 Å². The highest BCUT2D eigenvalue weighted by atomic mass is 19.2. The smallest absolute Gasteiger partial charge is 0.162 e. The van der Waals surface area contributed by atoms with Gasteiger partial charge in [-0.1, -0.05) is 26.0 Å². The zero-order chi connectivity index (χ0) is 14.1. The summed E-state index contributed by atoms with van der Waals surface area (Å²) in [7, 11) is 0. The normalized spacial score (nSPS) is 12.6. The minimum atomic E-state index is -0.962. The first-order valence-electron chi connectivity index (χ1n) is 5.82. The maximum absolute atomic E-state index is 13.5. The largest absolute Gasteiger partial charge is 0.325 e. The summed E-state index contributed by atoms with van der Waals surface area (Å²) in [5, 5.41) is 0. The van der Waals surface area contributed by atoms with Crippen LogP contribution in [0.4, 0.5) is 8.78 Å². The Labute approximate surface area is 106 Å². The van der Waals surface area contributed by atoms with E-state index in [1.807, 2.05) is 0 Å². The first kappa shape index (κ1) is 14.8. The van der Waals surface area contributed by atoms with E-state index in [1.54, 1.807) is 27.7 Å². The van der Waals surface area contributed by atoms with E-state index in [1.165, 1.54) is 12.1 Å². The second-order valence-corrected chi connectivity index (χ2v) is 5.66. The van der Waals surface area contributed by atoms with Crippen LogP contribution in [0.5, 0.6) is 0 Å². The van der Waals surface area contributed by atoms with E-state index in [0.29, 0.717) is 0 Å². The molecule has 0 saturated heterocycles. The Morgan fingerprint density at radius 3 is 2.28 bits per heavy atom. The molecule has 0 saturated carbocycles. The fourth-order valence-electron chi connectivity index (χ4n) is 1.44. The van der Waals surface area contributed by atoms with Gasteiger partial charge in [-0.3, -0.25) is 4.79 Å². The predicted molar refractivity (Wildman–Crippen MR) is 67.1 cm³/mol. The molecule has 0 fully saturated rings. The average Bonchev–Trinajstić information content (AvgIpc) is 2.23. The van der Waals surface area contributed by atoms with Crippen molar-refractivity contribution in [2.75, 3.05) is 0 Å². The van der Waals surface area contributed by atoms with E-state index in [2.05, 4.69) is 0 Å². The molecule has 100 valence electrons. The molecule has 18 heavy (non-hydrogen) atoms. The molecule has 0 unspecified atom stereocenters. The van der Waals surface area contributed by atoms with Gasteiger partial charge in [-0.2, -0.15) is 0 Å². The molecule has 0 spiro atoms. The minimum absolute atomic E-state index is 0.0670. The van der Waals surface area contributed by atoms with Crippen molar-refractivity contribution in [1.29, 1.82) is 0 Å². The van der Waals surface area contributed by atoms with Gasteiger partial charge in [0.25, 0.3) is 0 Å². The summed E-state index contributed by atoms with van der Waals surface area (Å²) in [6.07, 6.45) is -0.156. The lowest BCUT2D eigenvalue weighted by Gasteiger charge is -2.37. The zero-order valence-corrected chi connectivity index (χ0v) is 11.2. The molecule has 0 amide bonds. The van der Waals surface area contributed by atoms with Crippen molar-refractivity contribution in [3.63, 3.8) is 0 Å². The highest BCUT2D eigenvalue weighted by Crippen LogP contribution is 2.31. The fraction of sp³-hybridized carbons (Fsp3) is 0.500. The summed E-state index contributed by atoms with van der Waals surface area (Å²) in [4.78, 5) is 12.2. The number of carbonyl (C=O) groups excluding carboxylic acids is 1. The lowest BCUT2D eigenvalue weighted by Crippen LogP contribution is -2.52. The molecular formula is C14H19F2NO. The number of rotatable bonds is 4. The maximum atomic E-state index is 13.5. The number of hydrogen-bond acceptors (Lipinski definition) is 2. The number of hydrogen-bond donors (Lipinski definition) is 1. The number of carbonyl (C=O) groups is 1. The van der Waals surface area contributed by atoms with Crippen LogP contribution in [0.3, 0.4) is 0 Å². The van der Waals surface area contributed by atoms with E-state index >= 15 is 0 Å². The molecule has 0 aliphatic carbocycles. The molecule has 1 aromatic rings. The number of Topliss-reactive ketones (excluding diaryl/α,β-unsaturated/α-hetero) is 1. The molecule has 4 heteroatoms. The Hall–Kier alpha value is -1.29. The number of ketones is 1. The van der Waals surface area contributed by atoms with Gasteiger partial charge in [0.05, 0.1) is 0 Å². The zero-order valence-electron chi connectivity index (χ0n) is 11.2. The maximum Gasteiger partial charge on any atom is 0.162 e. The monoisotopic (exact) mass is 255 g/mol. The van der Waals surface area contributed by atoms with Crippen molar-refractivity contribution in [2.24, 2.45) is 11.1 Å². The Morgan fingerprint density at radius 1 is 1.22 bits per heavy atom. The molecule has 0 radical (unpaired) electrons. The molecule has 0 heterocycles. The Balaban J connectivity index is 2.99. The summed E-state index contributed by atoms with van der Waals surface area (Å²) in [5.41, 5.74) is 4.47. The van der Waals surface area contributed by atoms with Crippen molar-refractivity contribution in [2.45, 2.75) is 39.7 Å². The van der Waals surface area contributed by atoms with Crippen LogP contribution < -0.4 is 5.73 Å². The van der Waals surface area contributed by atoms with E-state index in [9.17, 15) is 13.6 Å². The van der Waals surface area contributed by atoms with Gasteiger partial charge in [-0.05, 0) is 25.5 Å². The third kappa shape index (κ3) is 2.75. The van der Waals surface area contributed by atoms with Crippen LogP contribution in [0, 0.1) is 17.0 Å². The lowest BCUT2D eigenvalue weighted by molar-refractivity contribution is -0.129. The van der Waals surface area contributed by atoms with E-state index in [-0.39, 0.29) is 17.8 Å². The van der Waals surface area contributed by atoms with Crippen LogP contribution in [0.15, 0.2) is 18.2 Å². The van der Waals surface area contributed by atoms with Gasteiger partial charge < -0.3 is 5.73 Å². The molecule has 0 aliphatic heterocycles. The molecule has 0 aromatic heterocycles. The van der Waals surface area contributed by atoms with Crippen molar-refractivity contribution in [3.8, 4) is 0 Å². The van der Waals surface area contributed by atoms with Gasteiger partial charge >= 0.3 is 0 Å². The molecule has 2 N–H and O–H groups in total. The van der Waals surface area contributed by atoms with Gasteiger partial charge in [0, 0.05) is 17.4 Å². The van der Waals surface area contributed by atoms with E-state index in [4.69, 9.17) is 5.73 Å². The van der Waals surface area contributed by atoms with Gasteiger partial charge in [0.2, 0.25) is 0 Å². The standard InChI is InChI=1S/C14H19F2NO/c1-13(2,14(3,4)17)11(18)8-9-6-5-7-10(15)12(9)16/h5-7H,8,17H2,1-4H3. The van der Waals surface area contributed by atoms with Crippen molar-refractivity contribution in [3.05, 3.63) is 35.4 Å². The predicted octanol–water partition coefficient (Wildman–Crippen LogP) is 2.84. The Bertz CT molecular complexity index is 461. The first-order chi connectivity index (χ1) is 8.07. The SMILES string of the molecule is CC(C)(N)C(C)(C)C(=O)Cc1cccc(F)c1F. The third-order valence-corrected chi connectivity index (χ3v) is 3.69. The van der Waals surface area contributed by atoms with Crippen molar-refractivity contribution in [1.82, 2.24) is 0 Å². The molecule has 1 aromatic carbocycles. The molecule has 0 aliphatic rings. The van der Waals surface area contributed by atoms with Gasteiger partial charge in [0.1, 0.15) is 5.78 Å². The van der Waals surface area contributed by atoms with Crippen LogP contribution >= 0.6 is 0 Å². The summed E-state index contributed by atoms with van der Waals surface area (Å²) >= 11 is 0. The molecule has 0 atom stereocenters. The van der Waals surface area contributed by atoms with Crippen molar-refractivity contribution < 1.29 is 13.6 Å². The highest BCUT2D eigenvalue weighted by molar-refractivity contribution is 5.87. The lowest BCUT2D eigenvalue weighted by atomic mass is 9.71. The van der Waals surface area contributed by atoms with E-state index in [0.717, 1.165) is 6.07 Å². The second kappa shape index (κ2) is 4.76. The molecule has 0 bridgehead atoms. The number of halogens is 2. The van der Waals surface area contributed by atoms with Crippen LogP contribution in [-0.4, -0.2) is 11.3 Å². The Morgan fingerprint density at radius 2 is 1.78 bits per heavy atom. The number of benzene rings is 1. The first-order valence-corrected chi connectivity index (χ1v) is 5.82. The highest BCUT2D eigenvalue weighted by Gasteiger charge is 2.40. The summed E-state index contributed by atoms with van der Waals surface area (Å²) in [5.74, 6) is -2.11. The summed E-state index contributed by atoms with van der Waals surface area (Å²) in [6, 6.07) is 3.83. The molecular weight excluding hydrogens is 236 g/mol. The Kier molecular flexibility index (Phi) is 3.91. The average molecular weight is 255 g/mol. The fourth-order valence-corrected chi connectivity index (χ4v) is 1.44. The molecule has 1 rings (SSSR count). The van der Waals surface area contributed by atoms with Gasteiger partial charge in [0.15, 0.2) is 11.6 Å². The summed E-state index contributed by atoms with van der Waals surface area (Å²) < 4.78 is 26.5. The number of nitrogens with two attached hydrogens (primary N) is 1. The quantitative estimate of drug-likeness (QED) is 0.899. The molecule has 2 nitrogen and oxygen atoms in total. The summed E-state index contributed by atoms with van der Waals surface area (Å²) in [6.45, 7) is 6.92. The minimum Gasteiger partial charge on any atom is -0.325 e. The van der Waals surface area contributed by atoms with Gasteiger partial charge in [-0.15, -0.1) is 0 Å². The van der Waals surface area contributed by atoms with Crippen LogP contribution in [0.2, 0.25) is 0 Å². The van der Waals surface area contributed by atoms with Gasteiger partial charge in [-0.25, -0.2) is 8.78 Å². The van der Waals surface area contributed by atoms with Crippen LogP contribution in [0.1, 0.15) is 33.3 Å². The van der Waals surface area contributed by atoms with E-state index < -0.39 is 22.6 Å². The second-order valence-electron chi connectivity index (χ2n) is 5.66. The van der Waals surface area contributed by atoms with Crippen LogP contribution in [0.25, 0.3) is 0 Å².